The van der Waals surface area contributed by atoms with Crippen molar-refractivity contribution >= 4 is 17.8 Å². The first-order chi connectivity index (χ1) is 17.8. The molecule has 3 heterocycles. The topological polar surface area (TPSA) is 96.4 Å². The van der Waals surface area contributed by atoms with E-state index in [2.05, 4.69) is 13.2 Å². The van der Waals surface area contributed by atoms with E-state index < -0.39 is 41.1 Å². The molecule has 3 aliphatic heterocycles. The predicted octanol–water partition coefficient (Wildman–Crippen LogP) is 2.86. The number of hydrogen-bond acceptors (Lipinski definition) is 6. The number of fused-ring (bicyclic) bond motifs is 1. The number of rotatable bonds is 12. The van der Waals surface area contributed by atoms with Crippen LogP contribution in [-0.2, 0) is 30.4 Å². The Morgan fingerprint density at radius 1 is 1.27 bits per heavy atom. The first-order valence-corrected chi connectivity index (χ1v) is 13.1. The molecule has 3 fully saturated rings. The van der Waals surface area contributed by atoms with Gasteiger partial charge in [-0.1, -0.05) is 49.4 Å². The number of benzene rings is 1. The third kappa shape index (κ3) is 4.50. The standard InChI is InChI=1S/C29H38N2O6/c1-5-8-17-36-27(35)23-22-25(33)31(21(7-3)19-32)24(29(22)15-14-28(23,4)37-29)26(34)30(16-6-2)18-20-12-10-9-11-13-20/h5-6,9-13,21-24,32H,1-2,7-8,14-19H2,3-4H3/t21-,22-,23+,24?,28-,29?/m0/s1. The molecule has 37 heavy (non-hydrogen) atoms. The lowest BCUT2D eigenvalue weighted by Crippen LogP contribution is -2.58. The molecule has 6 atom stereocenters. The third-order valence-electron chi connectivity index (χ3n) is 8.22. The molecule has 2 unspecified atom stereocenters. The summed E-state index contributed by atoms with van der Waals surface area (Å²) in [7, 11) is 0. The molecule has 8 nitrogen and oxygen atoms in total. The van der Waals surface area contributed by atoms with Crippen LogP contribution in [0.25, 0.3) is 0 Å². The Labute approximate surface area is 218 Å². The Morgan fingerprint density at radius 2 is 2.00 bits per heavy atom. The molecule has 1 spiro atoms. The summed E-state index contributed by atoms with van der Waals surface area (Å²) in [6.07, 6.45) is 5.30. The summed E-state index contributed by atoms with van der Waals surface area (Å²) in [5.74, 6) is -2.75. The van der Waals surface area contributed by atoms with E-state index in [9.17, 15) is 19.5 Å². The van der Waals surface area contributed by atoms with Crippen LogP contribution in [0.2, 0.25) is 0 Å². The molecule has 200 valence electrons. The van der Waals surface area contributed by atoms with Crippen molar-refractivity contribution in [2.45, 2.75) is 69.4 Å². The van der Waals surface area contributed by atoms with Crippen molar-refractivity contribution in [1.29, 1.82) is 0 Å². The SMILES string of the molecule is C=CCCOC(=O)[C@H]1[C@H]2C(=O)N([C@@H](CC)CO)C(C(=O)N(CC=C)Cc3ccccc3)C23CC[C@]1(C)O3. The molecule has 4 rings (SSSR count). The van der Waals surface area contributed by atoms with Gasteiger partial charge in [-0.15, -0.1) is 13.2 Å². The highest BCUT2D eigenvalue weighted by Crippen LogP contribution is 2.63. The first-order valence-electron chi connectivity index (χ1n) is 13.1. The Bertz CT molecular complexity index is 1040. The molecule has 0 saturated carbocycles. The van der Waals surface area contributed by atoms with Crippen LogP contribution in [0.5, 0.6) is 0 Å². The van der Waals surface area contributed by atoms with Crippen molar-refractivity contribution in [2.75, 3.05) is 19.8 Å². The van der Waals surface area contributed by atoms with Crippen LogP contribution in [0, 0.1) is 11.8 Å². The average Bonchev–Trinajstić information content (AvgIpc) is 3.46. The summed E-state index contributed by atoms with van der Waals surface area (Å²) in [4.78, 5) is 44.9. The van der Waals surface area contributed by atoms with Crippen LogP contribution in [0.1, 0.15) is 45.1 Å². The Hall–Kier alpha value is -2.97. The lowest BCUT2D eigenvalue weighted by molar-refractivity contribution is -0.162. The molecule has 1 aromatic rings. The molecular weight excluding hydrogens is 472 g/mol. The summed E-state index contributed by atoms with van der Waals surface area (Å²) in [6, 6.07) is 8.09. The molecule has 2 amide bonds. The van der Waals surface area contributed by atoms with E-state index in [1.165, 1.54) is 4.90 Å². The molecule has 1 aromatic carbocycles. The fourth-order valence-corrected chi connectivity index (χ4v) is 6.51. The minimum absolute atomic E-state index is 0.174. The van der Waals surface area contributed by atoms with Gasteiger partial charge in [-0.25, -0.2) is 0 Å². The predicted molar refractivity (Wildman–Crippen MR) is 138 cm³/mol. The van der Waals surface area contributed by atoms with E-state index in [4.69, 9.17) is 9.47 Å². The molecule has 0 aromatic heterocycles. The van der Waals surface area contributed by atoms with E-state index in [0.29, 0.717) is 32.2 Å². The van der Waals surface area contributed by atoms with E-state index >= 15 is 0 Å². The van der Waals surface area contributed by atoms with Crippen LogP contribution in [0.4, 0.5) is 0 Å². The Balaban J connectivity index is 1.75. The number of esters is 1. The lowest BCUT2D eigenvalue weighted by atomic mass is 9.66. The molecule has 3 aliphatic rings. The van der Waals surface area contributed by atoms with Crippen molar-refractivity contribution in [3.63, 3.8) is 0 Å². The van der Waals surface area contributed by atoms with Crippen molar-refractivity contribution in [3.05, 3.63) is 61.2 Å². The lowest BCUT2D eigenvalue weighted by Gasteiger charge is -2.39. The normalized spacial score (nSPS) is 30.6. The van der Waals surface area contributed by atoms with Gasteiger partial charge in [-0.3, -0.25) is 14.4 Å². The number of likely N-dealkylation sites (tertiary alicyclic amines) is 1. The monoisotopic (exact) mass is 510 g/mol. The number of carbonyl (C=O) groups excluding carboxylic acids is 3. The molecule has 8 heteroatoms. The maximum atomic E-state index is 14.3. The van der Waals surface area contributed by atoms with Gasteiger partial charge in [0.2, 0.25) is 11.8 Å². The zero-order chi connectivity index (χ0) is 26.8. The fourth-order valence-electron chi connectivity index (χ4n) is 6.51. The number of hydrogen-bond donors (Lipinski definition) is 1. The molecule has 2 bridgehead atoms. The molecule has 0 radical (unpaired) electrons. The largest absolute Gasteiger partial charge is 0.465 e. The van der Waals surface area contributed by atoms with Gasteiger partial charge in [0.15, 0.2) is 0 Å². The third-order valence-corrected chi connectivity index (χ3v) is 8.22. The van der Waals surface area contributed by atoms with Gasteiger partial charge in [0.1, 0.15) is 17.6 Å². The molecular formula is C29H38N2O6. The summed E-state index contributed by atoms with van der Waals surface area (Å²) in [6.45, 7) is 11.7. The van der Waals surface area contributed by atoms with Gasteiger partial charge in [-0.05, 0) is 38.2 Å². The Kier molecular flexibility index (Phi) is 7.90. The average molecular weight is 511 g/mol. The van der Waals surface area contributed by atoms with Crippen molar-refractivity contribution in [1.82, 2.24) is 9.80 Å². The zero-order valence-electron chi connectivity index (χ0n) is 21.8. The highest BCUT2D eigenvalue weighted by molar-refractivity contribution is 5.98. The molecule has 3 saturated heterocycles. The number of amides is 2. The maximum Gasteiger partial charge on any atom is 0.312 e. The summed E-state index contributed by atoms with van der Waals surface area (Å²) in [5.41, 5.74) is -1.12. The van der Waals surface area contributed by atoms with Gasteiger partial charge >= 0.3 is 5.97 Å². The van der Waals surface area contributed by atoms with Gasteiger partial charge in [0.25, 0.3) is 0 Å². The molecule has 1 N–H and O–H groups in total. The zero-order valence-corrected chi connectivity index (χ0v) is 21.8. The highest BCUT2D eigenvalue weighted by atomic mass is 16.6. The van der Waals surface area contributed by atoms with E-state index in [0.717, 1.165) is 5.56 Å². The van der Waals surface area contributed by atoms with Crippen LogP contribution in [0.15, 0.2) is 55.6 Å². The first kappa shape index (κ1) is 27.1. The number of aliphatic hydroxyl groups is 1. The van der Waals surface area contributed by atoms with Crippen LogP contribution in [-0.4, -0.2) is 75.7 Å². The van der Waals surface area contributed by atoms with E-state index in [-0.39, 0.29) is 31.6 Å². The van der Waals surface area contributed by atoms with Gasteiger partial charge in [0, 0.05) is 13.1 Å². The van der Waals surface area contributed by atoms with Crippen molar-refractivity contribution < 1.29 is 29.0 Å². The highest BCUT2D eigenvalue weighted by Gasteiger charge is 2.79. The summed E-state index contributed by atoms with van der Waals surface area (Å²) < 4.78 is 12.2. The number of carbonyl (C=O) groups is 3. The number of aliphatic hydroxyl groups excluding tert-OH is 1. The quantitative estimate of drug-likeness (QED) is 0.264. The second kappa shape index (κ2) is 10.8. The van der Waals surface area contributed by atoms with Gasteiger partial charge in [-0.2, -0.15) is 0 Å². The fraction of sp³-hybridized carbons (Fsp3) is 0.552. The van der Waals surface area contributed by atoms with Crippen LogP contribution >= 0.6 is 0 Å². The minimum Gasteiger partial charge on any atom is -0.465 e. The van der Waals surface area contributed by atoms with Crippen LogP contribution < -0.4 is 0 Å². The number of ether oxygens (including phenoxy) is 2. The van der Waals surface area contributed by atoms with Crippen molar-refractivity contribution in [2.24, 2.45) is 11.8 Å². The minimum atomic E-state index is -1.16. The van der Waals surface area contributed by atoms with E-state index in [1.807, 2.05) is 44.2 Å². The second-order valence-electron chi connectivity index (χ2n) is 10.5. The molecule has 0 aliphatic carbocycles. The smallest absolute Gasteiger partial charge is 0.312 e. The second-order valence-corrected chi connectivity index (χ2v) is 10.5. The van der Waals surface area contributed by atoms with E-state index in [1.54, 1.807) is 17.1 Å². The summed E-state index contributed by atoms with van der Waals surface area (Å²) >= 11 is 0. The maximum absolute atomic E-state index is 14.3. The summed E-state index contributed by atoms with van der Waals surface area (Å²) in [5, 5.41) is 10.2. The van der Waals surface area contributed by atoms with Crippen molar-refractivity contribution in [3.8, 4) is 0 Å². The van der Waals surface area contributed by atoms with Gasteiger partial charge in [0.05, 0.1) is 30.8 Å². The van der Waals surface area contributed by atoms with Gasteiger partial charge < -0.3 is 24.4 Å². The number of nitrogens with zero attached hydrogens (tertiary/aromatic N) is 2. The Morgan fingerprint density at radius 3 is 2.62 bits per heavy atom. The van der Waals surface area contributed by atoms with Crippen LogP contribution in [0.3, 0.4) is 0 Å².